The van der Waals surface area contributed by atoms with E-state index in [9.17, 15) is 13.2 Å². The van der Waals surface area contributed by atoms with Crippen LogP contribution in [0.1, 0.15) is 34.6 Å². The van der Waals surface area contributed by atoms with E-state index in [-0.39, 0.29) is 23.3 Å². The van der Waals surface area contributed by atoms with Crippen molar-refractivity contribution >= 4 is 15.9 Å². The standard InChI is InChI=1S/C32H32N2O4S/c1-38-28-16-18-29(19-17-28)39(36,37)34-23-27-15-9-8-14-26(27)22-31(34)32(35)33-21-20-30(24-10-4-2-5-11-24)25-12-6-3-7-13-25/h2-19,30-31H,20-23H2,1H3,(H,33,35)/t31-/m1/s1. The largest absolute Gasteiger partial charge is 0.497 e. The first-order valence-corrected chi connectivity index (χ1v) is 14.5. The molecule has 200 valence electrons. The van der Waals surface area contributed by atoms with Gasteiger partial charge in [-0.3, -0.25) is 4.79 Å². The normalized spacial score (nSPS) is 15.5. The molecule has 1 atom stereocenters. The fraction of sp³-hybridized carbons (Fsp3) is 0.219. The summed E-state index contributed by atoms with van der Waals surface area (Å²) in [6.07, 6.45) is 1.01. The first kappa shape index (κ1) is 26.7. The molecule has 1 heterocycles. The number of amides is 1. The average Bonchev–Trinajstić information content (AvgIpc) is 2.99. The summed E-state index contributed by atoms with van der Waals surface area (Å²) in [6, 6.07) is 33.6. The molecule has 0 aliphatic carbocycles. The van der Waals surface area contributed by atoms with E-state index in [4.69, 9.17) is 4.74 Å². The minimum atomic E-state index is -3.93. The van der Waals surface area contributed by atoms with Crippen molar-refractivity contribution in [2.24, 2.45) is 0 Å². The van der Waals surface area contributed by atoms with E-state index in [2.05, 4.69) is 29.6 Å². The van der Waals surface area contributed by atoms with E-state index in [0.717, 1.165) is 11.1 Å². The predicted molar refractivity (Wildman–Crippen MR) is 152 cm³/mol. The summed E-state index contributed by atoms with van der Waals surface area (Å²) in [5.41, 5.74) is 4.25. The van der Waals surface area contributed by atoms with E-state index >= 15 is 0 Å². The molecule has 1 aliphatic rings. The third-order valence-electron chi connectivity index (χ3n) is 7.31. The van der Waals surface area contributed by atoms with Gasteiger partial charge in [0.05, 0.1) is 12.0 Å². The fourth-order valence-corrected chi connectivity index (χ4v) is 6.78. The minimum Gasteiger partial charge on any atom is -0.497 e. The first-order chi connectivity index (χ1) is 19.0. The Labute approximate surface area is 230 Å². The number of rotatable bonds is 9. The molecule has 4 aromatic carbocycles. The number of methoxy groups -OCH3 is 1. The molecule has 0 bridgehead atoms. The molecule has 0 unspecified atom stereocenters. The second-order valence-electron chi connectivity index (χ2n) is 9.67. The van der Waals surface area contributed by atoms with Crippen LogP contribution in [0.2, 0.25) is 0 Å². The van der Waals surface area contributed by atoms with E-state index in [0.29, 0.717) is 25.1 Å². The molecule has 0 fully saturated rings. The van der Waals surface area contributed by atoms with Gasteiger partial charge in [-0.1, -0.05) is 84.9 Å². The average molecular weight is 541 g/mol. The Bertz CT molecular complexity index is 1470. The third-order valence-corrected chi connectivity index (χ3v) is 9.18. The number of hydrogen-bond acceptors (Lipinski definition) is 4. The van der Waals surface area contributed by atoms with Crippen LogP contribution in [0.4, 0.5) is 0 Å². The summed E-state index contributed by atoms with van der Waals surface area (Å²) >= 11 is 0. The van der Waals surface area contributed by atoms with Gasteiger partial charge >= 0.3 is 0 Å². The Hall–Kier alpha value is -3.94. The van der Waals surface area contributed by atoms with Crippen LogP contribution in [-0.2, 0) is 27.8 Å². The van der Waals surface area contributed by atoms with Crippen molar-refractivity contribution in [1.29, 1.82) is 0 Å². The van der Waals surface area contributed by atoms with Gasteiger partial charge in [0, 0.05) is 19.0 Å². The summed E-state index contributed by atoms with van der Waals surface area (Å²) in [6.45, 7) is 0.557. The topological polar surface area (TPSA) is 75.7 Å². The van der Waals surface area contributed by atoms with Crippen molar-refractivity contribution in [3.8, 4) is 5.75 Å². The number of carbonyl (C=O) groups excluding carboxylic acids is 1. The highest BCUT2D eigenvalue weighted by Crippen LogP contribution is 2.31. The maximum Gasteiger partial charge on any atom is 0.244 e. The number of fused-ring (bicyclic) bond motifs is 1. The Morgan fingerprint density at radius 2 is 1.41 bits per heavy atom. The van der Waals surface area contributed by atoms with Gasteiger partial charge < -0.3 is 10.1 Å². The minimum absolute atomic E-state index is 0.110. The van der Waals surface area contributed by atoms with Gasteiger partial charge in [-0.15, -0.1) is 0 Å². The lowest BCUT2D eigenvalue weighted by atomic mass is 9.88. The van der Waals surface area contributed by atoms with Crippen molar-refractivity contribution in [3.63, 3.8) is 0 Å². The van der Waals surface area contributed by atoms with Crippen LogP contribution in [0.15, 0.2) is 114 Å². The molecule has 1 aliphatic heterocycles. The van der Waals surface area contributed by atoms with Gasteiger partial charge in [-0.05, 0) is 59.4 Å². The Morgan fingerprint density at radius 3 is 2.00 bits per heavy atom. The van der Waals surface area contributed by atoms with Gasteiger partial charge in [0.25, 0.3) is 0 Å². The molecule has 6 nitrogen and oxygen atoms in total. The highest BCUT2D eigenvalue weighted by Gasteiger charge is 2.39. The van der Waals surface area contributed by atoms with Gasteiger partial charge in [0.1, 0.15) is 11.8 Å². The van der Waals surface area contributed by atoms with Crippen LogP contribution in [0.25, 0.3) is 0 Å². The highest BCUT2D eigenvalue weighted by atomic mass is 32.2. The third kappa shape index (κ3) is 5.90. The van der Waals surface area contributed by atoms with E-state index < -0.39 is 16.1 Å². The number of nitrogens with one attached hydrogen (secondary N) is 1. The molecule has 7 heteroatoms. The Morgan fingerprint density at radius 1 is 0.846 bits per heavy atom. The molecule has 0 radical (unpaired) electrons. The molecule has 39 heavy (non-hydrogen) atoms. The van der Waals surface area contributed by atoms with Gasteiger partial charge in [-0.2, -0.15) is 4.31 Å². The number of carbonyl (C=O) groups is 1. The van der Waals surface area contributed by atoms with Gasteiger partial charge in [0.2, 0.25) is 15.9 Å². The number of nitrogens with zero attached hydrogens (tertiary/aromatic N) is 1. The zero-order chi connectivity index (χ0) is 27.2. The summed E-state index contributed by atoms with van der Waals surface area (Å²) in [5, 5.41) is 3.06. The molecule has 1 amide bonds. The first-order valence-electron chi connectivity index (χ1n) is 13.1. The van der Waals surface area contributed by atoms with Crippen molar-refractivity contribution in [1.82, 2.24) is 9.62 Å². The second-order valence-corrected chi connectivity index (χ2v) is 11.6. The van der Waals surface area contributed by atoms with E-state index in [1.807, 2.05) is 60.7 Å². The Balaban J connectivity index is 1.37. The second kappa shape index (κ2) is 11.8. The summed E-state index contributed by atoms with van der Waals surface area (Å²) in [5.74, 6) is 0.388. The molecule has 4 aromatic rings. The van der Waals surface area contributed by atoms with Crippen molar-refractivity contribution < 1.29 is 17.9 Å². The maximum absolute atomic E-state index is 13.8. The quantitative estimate of drug-likeness (QED) is 0.319. The van der Waals surface area contributed by atoms with Crippen LogP contribution >= 0.6 is 0 Å². The van der Waals surface area contributed by atoms with Crippen LogP contribution in [0.5, 0.6) is 5.75 Å². The summed E-state index contributed by atoms with van der Waals surface area (Å²) in [7, 11) is -2.40. The van der Waals surface area contributed by atoms with Crippen LogP contribution in [0.3, 0.4) is 0 Å². The lowest BCUT2D eigenvalue weighted by Gasteiger charge is -2.35. The van der Waals surface area contributed by atoms with Crippen LogP contribution < -0.4 is 10.1 Å². The molecule has 1 N–H and O–H groups in total. The maximum atomic E-state index is 13.8. The number of benzene rings is 4. The summed E-state index contributed by atoms with van der Waals surface area (Å²) in [4.78, 5) is 13.7. The molecule has 0 saturated heterocycles. The number of sulfonamides is 1. The van der Waals surface area contributed by atoms with E-state index in [1.165, 1.54) is 34.7 Å². The van der Waals surface area contributed by atoms with Crippen molar-refractivity contribution in [2.45, 2.75) is 36.2 Å². The van der Waals surface area contributed by atoms with Crippen molar-refractivity contribution in [2.75, 3.05) is 13.7 Å². The molecule has 0 aromatic heterocycles. The lowest BCUT2D eigenvalue weighted by molar-refractivity contribution is -0.125. The van der Waals surface area contributed by atoms with Gasteiger partial charge in [0.15, 0.2) is 0 Å². The number of hydrogen-bond donors (Lipinski definition) is 1. The molecular formula is C32H32N2O4S. The fourth-order valence-electron chi connectivity index (χ4n) is 5.21. The van der Waals surface area contributed by atoms with E-state index in [1.54, 1.807) is 12.1 Å². The predicted octanol–water partition coefficient (Wildman–Crippen LogP) is 5.15. The Kier molecular flexibility index (Phi) is 8.10. The molecule has 5 rings (SSSR count). The van der Waals surface area contributed by atoms with Crippen LogP contribution in [-0.4, -0.2) is 38.3 Å². The van der Waals surface area contributed by atoms with Gasteiger partial charge in [-0.25, -0.2) is 8.42 Å². The van der Waals surface area contributed by atoms with Crippen LogP contribution in [0, 0.1) is 0 Å². The molecule has 0 spiro atoms. The lowest BCUT2D eigenvalue weighted by Crippen LogP contribution is -2.52. The zero-order valence-electron chi connectivity index (χ0n) is 21.9. The zero-order valence-corrected chi connectivity index (χ0v) is 22.7. The summed E-state index contributed by atoms with van der Waals surface area (Å²) < 4.78 is 34.1. The smallest absolute Gasteiger partial charge is 0.244 e. The number of ether oxygens (including phenoxy) is 1. The molecular weight excluding hydrogens is 508 g/mol. The highest BCUT2D eigenvalue weighted by molar-refractivity contribution is 7.89. The SMILES string of the molecule is COc1ccc(S(=O)(=O)N2Cc3ccccc3C[C@@H]2C(=O)NCCC(c2ccccc2)c2ccccc2)cc1. The molecule has 0 saturated carbocycles. The van der Waals surface area contributed by atoms with Crippen molar-refractivity contribution in [3.05, 3.63) is 131 Å². The monoisotopic (exact) mass is 540 g/mol.